The van der Waals surface area contributed by atoms with Gasteiger partial charge in [0, 0.05) is 83.1 Å². The smallest absolute Gasteiger partial charge is 0.261 e. The van der Waals surface area contributed by atoms with Gasteiger partial charge in [0.15, 0.2) is 5.82 Å². The topological polar surface area (TPSA) is 106 Å². The number of hydrogen-bond donors (Lipinski definition) is 2. The molecule has 0 aliphatic carbocycles. The van der Waals surface area contributed by atoms with Crippen molar-refractivity contribution < 1.29 is 14.3 Å². The highest BCUT2D eigenvalue weighted by Crippen LogP contribution is 2.42. The molecule has 1 aromatic carbocycles. The Kier molecular flexibility index (Phi) is 7.33. The number of piperazine rings is 1. The first kappa shape index (κ1) is 24.0. The average molecular weight is 467 g/mol. The fourth-order valence-corrected chi connectivity index (χ4v) is 4.53. The van der Waals surface area contributed by atoms with Gasteiger partial charge in [-0.1, -0.05) is 0 Å². The number of hydrogen-bond acceptors (Lipinski definition) is 8. The number of benzene rings is 1. The Balaban J connectivity index is 1.56. The zero-order chi connectivity index (χ0) is 24.1. The fourth-order valence-electron chi connectivity index (χ4n) is 4.53. The number of ether oxygens (including phenoxy) is 2. The molecule has 0 unspecified atom stereocenters. The van der Waals surface area contributed by atoms with Crippen LogP contribution in [-0.2, 0) is 16.0 Å². The van der Waals surface area contributed by atoms with E-state index in [2.05, 4.69) is 45.0 Å². The minimum atomic E-state index is -0.341. The van der Waals surface area contributed by atoms with Gasteiger partial charge in [0.1, 0.15) is 11.4 Å². The molecule has 3 N–H and O–H groups in total. The summed E-state index contributed by atoms with van der Waals surface area (Å²) in [6, 6.07) is 5.79. The van der Waals surface area contributed by atoms with Crippen molar-refractivity contribution in [2.24, 2.45) is 5.73 Å². The number of aromatic nitrogens is 2. The summed E-state index contributed by atoms with van der Waals surface area (Å²) in [5.41, 5.74) is 8.51. The van der Waals surface area contributed by atoms with E-state index in [1.165, 1.54) is 6.20 Å². The number of rotatable bonds is 8. The van der Waals surface area contributed by atoms with Gasteiger partial charge in [-0.05, 0) is 32.4 Å². The quantitative estimate of drug-likeness (QED) is 0.451. The molecule has 1 saturated heterocycles. The third-order valence-corrected chi connectivity index (χ3v) is 6.18. The van der Waals surface area contributed by atoms with Crippen LogP contribution in [0.3, 0.4) is 0 Å². The van der Waals surface area contributed by atoms with Crippen LogP contribution in [-0.4, -0.2) is 72.8 Å². The van der Waals surface area contributed by atoms with Gasteiger partial charge in [0.05, 0.1) is 16.9 Å². The van der Waals surface area contributed by atoms with Gasteiger partial charge in [0.25, 0.3) is 5.91 Å². The lowest BCUT2D eigenvalue weighted by Crippen LogP contribution is -2.47. The minimum Gasteiger partial charge on any atom is -0.487 e. The zero-order valence-electron chi connectivity index (χ0n) is 20.2. The maximum Gasteiger partial charge on any atom is 0.261 e. The molecule has 4 rings (SSSR count). The van der Waals surface area contributed by atoms with E-state index in [1.54, 1.807) is 25.6 Å². The Morgan fingerprint density at radius 3 is 2.65 bits per heavy atom. The summed E-state index contributed by atoms with van der Waals surface area (Å²) in [4.78, 5) is 26.3. The number of carbonyl (C=O) groups excluding carboxylic acids is 1. The van der Waals surface area contributed by atoms with Crippen molar-refractivity contribution in [3.8, 4) is 5.75 Å². The fraction of sp³-hybridized carbons (Fsp3) is 0.480. The summed E-state index contributed by atoms with van der Waals surface area (Å²) in [7, 11) is 1.74. The molecule has 0 spiro atoms. The van der Waals surface area contributed by atoms with Gasteiger partial charge in [-0.3, -0.25) is 9.69 Å². The molecule has 1 amide bonds. The van der Waals surface area contributed by atoms with Crippen LogP contribution in [0, 0.1) is 0 Å². The third kappa shape index (κ3) is 5.48. The highest BCUT2D eigenvalue weighted by atomic mass is 16.5. The first-order valence-electron chi connectivity index (χ1n) is 11.7. The molecule has 9 heteroatoms. The minimum absolute atomic E-state index is 0.228. The van der Waals surface area contributed by atoms with E-state index < -0.39 is 0 Å². The summed E-state index contributed by atoms with van der Waals surface area (Å²) in [5, 5.41) is 3.07. The lowest BCUT2D eigenvalue weighted by Gasteiger charge is -2.37. The van der Waals surface area contributed by atoms with Gasteiger partial charge in [-0.15, -0.1) is 0 Å². The Bertz CT molecular complexity index is 1030. The van der Waals surface area contributed by atoms with Crippen molar-refractivity contribution in [1.82, 2.24) is 14.9 Å². The van der Waals surface area contributed by atoms with Crippen molar-refractivity contribution in [1.29, 1.82) is 0 Å². The van der Waals surface area contributed by atoms with Crippen molar-refractivity contribution >= 4 is 22.9 Å². The molecule has 3 heterocycles. The summed E-state index contributed by atoms with van der Waals surface area (Å²) in [6.07, 6.45) is 6.23. The molecule has 182 valence electrons. The molecule has 2 aliphatic heterocycles. The first-order chi connectivity index (χ1) is 16.4. The predicted octanol–water partition coefficient (Wildman–Crippen LogP) is 2.29. The molecule has 1 fully saturated rings. The van der Waals surface area contributed by atoms with Gasteiger partial charge in [-0.25, -0.2) is 9.97 Å². The van der Waals surface area contributed by atoms with Crippen LogP contribution >= 0.6 is 0 Å². The zero-order valence-corrected chi connectivity index (χ0v) is 20.2. The van der Waals surface area contributed by atoms with E-state index in [0.717, 1.165) is 74.9 Å². The van der Waals surface area contributed by atoms with Crippen LogP contribution in [0.1, 0.15) is 31.7 Å². The average Bonchev–Trinajstić information content (AvgIpc) is 3.13. The lowest BCUT2D eigenvalue weighted by atomic mass is 10.0. The second-order valence-corrected chi connectivity index (χ2v) is 9.30. The Hall–Kier alpha value is -3.17. The third-order valence-electron chi connectivity index (χ3n) is 6.18. The summed E-state index contributed by atoms with van der Waals surface area (Å²) in [6.45, 7) is 9.57. The van der Waals surface area contributed by atoms with Crippen LogP contribution in [0.25, 0.3) is 5.57 Å². The molecular formula is C25H34N6O3. The van der Waals surface area contributed by atoms with E-state index >= 15 is 0 Å². The summed E-state index contributed by atoms with van der Waals surface area (Å²) >= 11 is 0. The van der Waals surface area contributed by atoms with Crippen molar-refractivity contribution in [2.75, 3.05) is 56.7 Å². The maximum absolute atomic E-state index is 13.2. The second kappa shape index (κ2) is 10.4. The SMILES string of the molecule is COCCCN1CCN(c2cc3c(cc2NC(=O)C(=CN)c2ncccn2)CC(C)(C)O3)CC1. The molecule has 2 aromatic rings. The van der Waals surface area contributed by atoms with Crippen LogP contribution in [0.5, 0.6) is 5.75 Å². The highest BCUT2D eigenvalue weighted by molar-refractivity contribution is 6.24. The normalized spacial score (nSPS) is 17.9. The van der Waals surface area contributed by atoms with Crippen molar-refractivity contribution in [3.63, 3.8) is 0 Å². The monoisotopic (exact) mass is 466 g/mol. The Morgan fingerprint density at radius 1 is 1.24 bits per heavy atom. The van der Waals surface area contributed by atoms with E-state index in [-0.39, 0.29) is 17.1 Å². The molecule has 0 atom stereocenters. The molecule has 34 heavy (non-hydrogen) atoms. The predicted molar refractivity (Wildman–Crippen MR) is 133 cm³/mol. The first-order valence-corrected chi connectivity index (χ1v) is 11.7. The Morgan fingerprint density at radius 2 is 1.97 bits per heavy atom. The van der Waals surface area contributed by atoms with Crippen LogP contribution in [0.2, 0.25) is 0 Å². The second-order valence-electron chi connectivity index (χ2n) is 9.30. The lowest BCUT2D eigenvalue weighted by molar-refractivity contribution is -0.111. The summed E-state index contributed by atoms with van der Waals surface area (Å²) in [5.74, 6) is 0.826. The number of nitrogens with zero attached hydrogens (tertiary/aromatic N) is 4. The van der Waals surface area contributed by atoms with Crippen LogP contribution in [0.4, 0.5) is 11.4 Å². The number of anilines is 2. The van der Waals surface area contributed by atoms with Gasteiger partial charge in [0.2, 0.25) is 0 Å². The number of carbonyl (C=O) groups is 1. The largest absolute Gasteiger partial charge is 0.487 e. The molecule has 1 aromatic heterocycles. The molecule has 0 bridgehead atoms. The van der Waals surface area contributed by atoms with Gasteiger partial charge in [-0.2, -0.15) is 0 Å². The van der Waals surface area contributed by atoms with Crippen molar-refractivity contribution in [2.45, 2.75) is 32.3 Å². The molecule has 2 aliphatic rings. The maximum atomic E-state index is 13.2. The molecule has 0 radical (unpaired) electrons. The highest BCUT2D eigenvalue weighted by Gasteiger charge is 2.32. The molecule has 9 nitrogen and oxygen atoms in total. The van der Waals surface area contributed by atoms with Crippen molar-refractivity contribution in [3.05, 3.63) is 48.2 Å². The number of methoxy groups -OCH3 is 1. The van der Waals surface area contributed by atoms with Crippen LogP contribution < -0.4 is 20.7 Å². The summed E-state index contributed by atoms with van der Waals surface area (Å²) < 4.78 is 11.4. The van der Waals surface area contributed by atoms with Gasteiger partial charge < -0.3 is 25.4 Å². The number of nitrogens with two attached hydrogens (primary N) is 1. The Labute approximate surface area is 200 Å². The van der Waals surface area contributed by atoms with E-state index in [0.29, 0.717) is 5.82 Å². The molecule has 0 saturated carbocycles. The molecular weight excluding hydrogens is 432 g/mol. The number of amides is 1. The number of nitrogens with one attached hydrogen (secondary N) is 1. The standard InChI is InChI=1S/C25H34N6O3/c1-25(2)16-18-14-20(29-24(32)19(17-26)23-27-6-4-7-28-23)21(15-22(18)34-25)31-11-9-30(10-12-31)8-5-13-33-3/h4,6-7,14-15,17H,5,8-13,16,26H2,1-3H3,(H,29,32). The number of fused-ring (bicyclic) bond motifs is 1. The van der Waals surface area contributed by atoms with E-state index in [9.17, 15) is 4.79 Å². The van der Waals surface area contributed by atoms with E-state index in [1.807, 2.05) is 6.07 Å². The van der Waals surface area contributed by atoms with E-state index in [4.69, 9.17) is 15.2 Å². The van der Waals surface area contributed by atoms with Gasteiger partial charge >= 0.3 is 0 Å². The van der Waals surface area contributed by atoms with Crippen LogP contribution in [0.15, 0.2) is 36.8 Å².